The van der Waals surface area contributed by atoms with Crippen molar-refractivity contribution in [3.05, 3.63) is 83.7 Å². The fourth-order valence-corrected chi connectivity index (χ4v) is 6.05. The number of imidazole rings is 1. The van der Waals surface area contributed by atoms with Crippen LogP contribution >= 0.6 is 12.2 Å². The second-order valence-corrected chi connectivity index (χ2v) is 11.0. The van der Waals surface area contributed by atoms with E-state index < -0.39 is 9.84 Å². The lowest BCUT2D eigenvalue weighted by molar-refractivity contribution is 0.0893. The van der Waals surface area contributed by atoms with Crippen LogP contribution in [0.5, 0.6) is 0 Å². The van der Waals surface area contributed by atoms with E-state index in [0.29, 0.717) is 31.3 Å². The molecular formula is C26H32N4O3S2. The zero-order valence-corrected chi connectivity index (χ0v) is 21.6. The van der Waals surface area contributed by atoms with Crippen molar-refractivity contribution in [2.45, 2.75) is 49.9 Å². The van der Waals surface area contributed by atoms with Gasteiger partial charge in [0.2, 0.25) is 15.0 Å². The molecule has 1 fully saturated rings. The van der Waals surface area contributed by atoms with Crippen LogP contribution in [-0.4, -0.2) is 53.8 Å². The number of thiocarbonyl (C=S) groups is 1. The number of ether oxygens (including phenoxy) is 1. The van der Waals surface area contributed by atoms with E-state index in [0.717, 1.165) is 36.3 Å². The van der Waals surface area contributed by atoms with Crippen molar-refractivity contribution in [3.63, 3.8) is 0 Å². The van der Waals surface area contributed by atoms with Gasteiger partial charge in [0.15, 0.2) is 5.11 Å². The molecule has 7 nitrogen and oxygen atoms in total. The average molecular weight is 513 g/mol. The van der Waals surface area contributed by atoms with Crippen LogP contribution in [0.4, 0.5) is 0 Å². The fraction of sp³-hybridized carbons (Fsp3) is 0.385. The van der Waals surface area contributed by atoms with Crippen LogP contribution in [0.2, 0.25) is 0 Å². The third-order valence-corrected chi connectivity index (χ3v) is 7.98. The van der Waals surface area contributed by atoms with E-state index in [1.54, 1.807) is 6.20 Å². The molecule has 0 unspecified atom stereocenters. The van der Waals surface area contributed by atoms with E-state index in [9.17, 15) is 8.42 Å². The number of hydrogen-bond acceptors (Lipinski definition) is 5. The number of nitrogens with one attached hydrogen (secondary N) is 1. The second kappa shape index (κ2) is 11.8. The molecule has 2 heterocycles. The molecule has 1 atom stereocenters. The lowest BCUT2D eigenvalue weighted by Gasteiger charge is -2.28. The third kappa shape index (κ3) is 6.68. The predicted octanol–water partition coefficient (Wildman–Crippen LogP) is 3.78. The number of hydrogen-bond donors (Lipinski definition) is 1. The van der Waals surface area contributed by atoms with Crippen LogP contribution < -0.4 is 5.32 Å². The van der Waals surface area contributed by atoms with Gasteiger partial charge in [-0.2, -0.15) is 0 Å². The van der Waals surface area contributed by atoms with Crippen molar-refractivity contribution in [2.75, 3.05) is 19.7 Å². The zero-order chi connectivity index (χ0) is 24.7. The summed E-state index contributed by atoms with van der Waals surface area (Å²) < 4.78 is 34.6. The van der Waals surface area contributed by atoms with Crippen molar-refractivity contribution in [1.29, 1.82) is 0 Å². The molecule has 1 aromatic heterocycles. The highest BCUT2D eigenvalue weighted by molar-refractivity contribution is 7.90. The van der Waals surface area contributed by atoms with Gasteiger partial charge < -0.3 is 19.5 Å². The monoisotopic (exact) mass is 512 g/mol. The summed E-state index contributed by atoms with van der Waals surface area (Å²) in [7, 11) is -3.67. The lowest BCUT2D eigenvalue weighted by atomic mass is 10.2. The van der Waals surface area contributed by atoms with Crippen LogP contribution in [0, 0.1) is 0 Å². The summed E-state index contributed by atoms with van der Waals surface area (Å²) in [5.74, 6) is -0.103. The third-order valence-electron chi connectivity index (χ3n) is 5.98. The van der Waals surface area contributed by atoms with Gasteiger partial charge in [-0.15, -0.1) is 0 Å². The van der Waals surface area contributed by atoms with Crippen molar-refractivity contribution >= 4 is 27.2 Å². The Morgan fingerprint density at radius 3 is 2.46 bits per heavy atom. The summed E-state index contributed by atoms with van der Waals surface area (Å²) >= 11 is 5.66. The summed E-state index contributed by atoms with van der Waals surface area (Å²) in [6.45, 7) is 4.97. The largest absolute Gasteiger partial charge is 0.376 e. The summed E-state index contributed by atoms with van der Waals surface area (Å²) in [6.07, 6.45) is 3.81. The van der Waals surface area contributed by atoms with Crippen LogP contribution in [0.3, 0.4) is 0 Å². The Morgan fingerprint density at radius 1 is 1.14 bits per heavy atom. The van der Waals surface area contributed by atoms with Crippen molar-refractivity contribution < 1.29 is 13.2 Å². The number of nitrogens with zero attached hydrogens (tertiary/aromatic N) is 3. The van der Waals surface area contributed by atoms with Crippen molar-refractivity contribution in [2.24, 2.45) is 0 Å². The highest BCUT2D eigenvalue weighted by atomic mass is 32.2. The average Bonchev–Trinajstić information content (AvgIpc) is 3.50. The Morgan fingerprint density at radius 2 is 1.83 bits per heavy atom. The van der Waals surface area contributed by atoms with Crippen LogP contribution in [-0.2, 0) is 33.4 Å². The van der Waals surface area contributed by atoms with Crippen LogP contribution in [0.1, 0.15) is 36.6 Å². The molecule has 0 radical (unpaired) electrons. The van der Waals surface area contributed by atoms with Gasteiger partial charge in [0.05, 0.1) is 36.8 Å². The standard InChI is InChI=1S/C26H32N4O3S2/c1-2-27-25(34)29(19-24-14-9-15-33-24)18-23-16-28-26(30(23)17-21-10-5-3-6-11-21)35(31,32)20-22-12-7-4-8-13-22/h3-8,10-13,16,24H,2,9,14-15,17-20H2,1H3,(H,27,34)/t24-/m1/s1. The van der Waals surface area contributed by atoms with Crippen molar-refractivity contribution in [3.8, 4) is 0 Å². The first-order chi connectivity index (χ1) is 17.0. The molecule has 3 aromatic rings. The van der Waals surface area contributed by atoms with E-state index in [-0.39, 0.29) is 17.0 Å². The molecule has 1 saturated heterocycles. The Bertz CT molecular complexity index is 1210. The van der Waals surface area contributed by atoms with Gasteiger partial charge in [-0.3, -0.25) is 0 Å². The van der Waals surface area contributed by atoms with E-state index in [1.165, 1.54) is 0 Å². The maximum atomic E-state index is 13.5. The first-order valence-electron chi connectivity index (χ1n) is 12.0. The molecule has 186 valence electrons. The number of aromatic nitrogens is 2. The normalized spacial score (nSPS) is 15.7. The summed E-state index contributed by atoms with van der Waals surface area (Å²) in [5.41, 5.74) is 2.53. The quantitative estimate of drug-likeness (QED) is 0.414. The SMILES string of the molecule is CCNC(=S)N(Cc1cnc(S(=O)(=O)Cc2ccccc2)n1Cc1ccccc1)C[C@H]1CCCO1. The van der Waals surface area contributed by atoms with Gasteiger partial charge >= 0.3 is 0 Å². The molecule has 1 aliphatic rings. The maximum Gasteiger partial charge on any atom is 0.228 e. The first-order valence-corrected chi connectivity index (χ1v) is 14.0. The van der Waals surface area contributed by atoms with Gasteiger partial charge in [-0.05, 0) is 43.1 Å². The number of rotatable bonds is 10. The molecule has 0 aliphatic carbocycles. The molecule has 0 saturated carbocycles. The molecule has 0 bridgehead atoms. The smallest absolute Gasteiger partial charge is 0.228 e. The highest BCUT2D eigenvalue weighted by Crippen LogP contribution is 2.22. The Kier molecular flexibility index (Phi) is 8.54. The second-order valence-electron chi connectivity index (χ2n) is 8.70. The van der Waals surface area contributed by atoms with Gasteiger partial charge in [-0.25, -0.2) is 13.4 Å². The van der Waals surface area contributed by atoms with E-state index >= 15 is 0 Å². The molecule has 9 heteroatoms. The molecule has 0 spiro atoms. The first kappa shape index (κ1) is 25.3. The highest BCUT2D eigenvalue weighted by Gasteiger charge is 2.27. The fourth-order valence-electron chi connectivity index (χ4n) is 4.27. The van der Waals surface area contributed by atoms with Gasteiger partial charge in [0.25, 0.3) is 0 Å². The minimum absolute atomic E-state index is 0.0756. The van der Waals surface area contributed by atoms with Gasteiger partial charge in [0, 0.05) is 19.7 Å². The van der Waals surface area contributed by atoms with E-state index in [1.807, 2.05) is 72.2 Å². The molecule has 35 heavy (non-hydrogen) atoms. The Hall–Kier alpha value is -2.75. The Labute approximate surface area is 213 Å². The van der Waals surface area contributed by atoms with Gasteiger partial charge in [-0.1, -0.05) is 60.7 Å². The molecule has 1 N–H and O–H groups in total. The minimum Gasteiger partial charge on any atom is -0.376 e. The summed E-state index contributed by atoms with van der Waals surface area (Å²) in [6, 6.07) is 19.0. The number of sulfone groups is 1. The maximum absolute atomic E-state index is 13.5. The predicted molar refractivity (Wildman–Crippen MR) is 141 cm³/mol. The lowest BCUT2D eigenvalue weighted by Crippen LogP contribution is -2.43. The molecule has 4 rings (SSSR count). The van der Waals surface area contributed by atoms with E-state index in [4.69, 9.17) is 17.0 Å². The van der Waals surface area contributed by atoms with Gasteiger partial charge in [0.1, 0.15) is 0 Å². The van der Waals surface area contributed by atoms with E-state index in [2.05, 4.69) is 15.2 Å². The molecule has 0 amide bonds. The topological polar surface area (TPSA) is 76.5 Å². The van der Waals surface area contributed by atoms with Crippen LogP contribution in [0.15, 0.2) is 72.0 Å². The summed E-state index contributed by atoms with van der Waals surface area (Å²) in [4.78, 5) is 6.48. The minimum atomic E-state index is -3.67. The zero-order valence-electron chi connectivity index (χ0n) is 20.0. The van der Waals surface area contributed by atoms with Crippen molar-refractivity contribution in [1.82, 2.24) is 19.8 Å². The van der Waals surface area contributed by atoms with Crippen LogP contribution in [0.25, 0.3) is 0 Å². The molecule has 2 aromatic carbocycles. The Balaban J connectivity index is 1.67. The molecule has 1 aliphatic heterocycles. The molecular weight excluding hydrogens is 480 g/mol. The summed E-state index contributed by atoms with van der Waals surface area (Å²) in [5, 5.41) is 3.94. The number of benzene rings is 2.